The lowest BCUT2D eigenvalue weighted by Gasteiger charge is -2.41. The molecule has 0 radical (unpaired) electrons. The molecular weight excluding hydrogens is 771 g/mol. The first kappa shape index (κ1) is 45.3. The summed E-state index contributed by atoms with van der Waals surface area (Å²) in [7, 11) is 1.56. The van der Waals surface area contributed by atoms with Gasteiger partial charge in [0.05, 0.1) is 24.7 Å². The Bertz CT molecular complexity index is 2040. The van der Waals surface area contributed by atoms with Crippen LogP contribution in [0.3, 0.4) is 0 Å². The summed E-state index contributed by atoms with van der Waals surface area (Å²) in [6.07, 6.45) is -0.929. The van der Waals surface area contributed by atoms with Crippen molar-refractivity contribution in [3.8, 4) is 11.5 Å². The van der Waals surface area contributed by atoms with Crippen molar-refractivity contribution in [1.29, 1.82) is 0 Å². The van der Waals surface area contributed by atoms with E-state index in [4.69, 9.17) is 23.8 Å². The van der Waals surface area contributed by atoms with E-state index in [-0.39, 0.29) is 30.7 Å². The highest BCUT2D eigenvalue weighted by atomic mass is 16.8. The van der Waals surface area contributed by atoms with E-state index in [1.807, 2.05) is 59.7 Å². The minimum atomic E-state index is -1.73. The number of benzene rings is 3. The third-order valence-corrected chi connectivity index (χ3v) is 10.1. The quantitative estimate of drug-likeness (QED) is 0.106. The van der Waals surface area contributed by atoms with E-state index in [1.54, 1.807) is 64.3 Å². The van der Waals surface area contributed by atoms with Gasteiger partial charge in [-0.1, -0.05) is 90.9 Å². The zero-order chi connectivity index (χ0) is 44.3. The number of imide groups is 1. The maximum Gasteiger partial charge on any atom is 0.427 e. The molecule has 60 heavy (non-hydrogen) atoms. The van der Waals surface area contributed by atoms with E-state index >= 15 is 0 Å². The number of rotatable bonds is 11. The van der Waals surface area contributed by atoms with Crippen LogP contribution in [0.1, 0.15) is 126 Å². The predicted octanol–water partition coefficient (Wildman–Crippen LogP) is 7.70. The maximum absolute atomic E-state index is 14.8. The van der Waals surface area contributed by atoms with E-state index < -0.39 is 76.7 Å². The molecule has 2 heterocycles. The summed E-state index contributed by atoms with van der Waals surface area (Å²) >= 11 is 0. The molecule has 0 spiro atoms. The van der Waals surface area contributed by atoms with Crippen molar-refractivity contribution >= 4 is 35.8 Å². The van der Waals surface area contributed by atoms with E-state index in [0.717, 1.165) is 15.1 Å². The van der Waals surface area contributed by atoms with Crippen LogP contribution < -0.4 is 9.47 Å². The molecule has 5 rings (SSSR count). The van der Waals surface area contributed by atoms with Crippen LogP contribution in [0.25, 0.3) is 0 Å². The first-order valence-corrected chi connectivity index (χ1v) is 20.1. The first-order chi connectivity index (χ1) is 28.0. The van der Waals surface area contributed by atoms with Crippen LogP contribution in [-0.4, -0.2) is 82.2 Å². The number of esters is 2. The second-order valence-electron chi connectivity index (χ2n) is 18.2. The predicted molar refractivity (Wildman–Crippen MR) is 221 cm³/mol. The van der Waals surface area contributed by atoms with Crippen molar-refractivity contribution in [3.05, 3.63) is 94.5 Å². The average Bonchev–Trinajstić information content (AvgIpc) is 3.41. The summed E-state index contributed by atoms with van der Waals surface area (Å²) in [5, 5.41) is 1.80. The monoisotopic (exact) mass is 827 g/mol. The number of hydrogen-bond donors (Lipinski definition) is 0. The van der Waals surface area contributed by atoms with Crippen molar-refractivity contribution in [2.24, 2.45) is 5.92 Å². The number of methoxy groups -OCH3 is 1. The fourth-order valence-corrected chi connectivity index (χ4v) is 7.14. The fourth-order valence-electron chi connectivity index (χ4n) is 7.14. The number of amides is 3. The number of carbonyl (C=O) groups is 6. The lowest BCUT2D eigenvalue weighted by atomic mass is 9.79. The second-order valence-corrected chi connectivity index (χ2v) is 18.2. The highest BCUT2D eigenvalue weighted by Crippen LogP contribution is 2.43. The summed E-state index contributed by atoms with van der Waals surface area (Å²) in [4.78, 5) is 91.1. The van der Waals surface area contributed by atoms with Gasteiger partial charge in [0.15, 0.2) is 6.04 Å². The molecule has 3 aromatic carbocycles. The molecule has 322 valence electrons. The Morgan fingerprint density at radius 3 is 1.87 bits per heavy atom. The Labute approximate surface area is 351 Å². The molecule has 1 fully saturated rings. The van der Waals surface area contributed by atoms with Crippen LogP contribution in [0.5, 0.6) is 11.5 Å². The Morgan fingerprint density at radius 2 is 1.35 bits per heavy atom. The summed E-state index contributed by atoms with van der Waals surface area (Å²) in [6.45, 7) is 18.3. The second kappa shape index (κ2) is 17.8. The van der Waals surface area contributed by atoms with E-state index in [0.29, 0.717) is 34.6 Å². The average molecular weight is 828 g/mol. The highest BCUT2D eigenvalue weighted by molar-refractivity contribution is 6.22. The lowest BCUT2D eigenvalue weighted by Crippen LogP contribution is -2.61. The number of nitrogens with zero attached hydrogens (tertiary/aromatic N) is 3. The van der Waals surface area contributed by atoms with Gasteiger partial charge in [-0.05, 0) is 85.4 Å². The molecular formula is C46H57N3O11. The number of fused-ring (bicyclic) bond motifs is 1. The Balaban J connectivity index is 1.52. The van der Waals surface area contributed by atoms with Gasteiger partial charge in [0.25, 0.3) is 11.8 Å². The Kier molecular flexibility index (Phi) is 13.5. The number of carbonyl (C=O) groups excluding carboxylic acids is 6. The van der Waals surface area contributed by atoms with Crippen molar-refractivity contribution in [2.45, 2.75) is 124 Å². The molecule has 2 aliphatic heterocycles. The largest absolute Gasteiger partial charge is 0.497 e. The molecule has 0 bridgehead atoms. The van der Waals surface area contributed by atoms with Gasteiger partial charge in [0.1, 0.15) is 29.7 Å². The molecule has 14 nitrogen and oxygen atoms in total. The van der Waals surface area contributed by atoms with E-state index in [2.05, 4.69) is 0 Å². The lowest BCUT2D eigenvalue weighted by molar-refractivity contribution is -0.289. The summed E-state index contributed by atoms with van der Waals surface area (Å²) < 4.78 is 23.1. The minimum absolute atomic E-state index is 0.00611. The molecule has 3 unspecified atom stereocenters. The molecule has 0 N–H and O–H groups in total. The van der Waals surface area contributed by atoms with E-state index in [1.165, 1.54) is 19.1 Å². The van der Waals surface area contributed by atoms with Gasteiger partial charge >= 0.3 is 24.0 Å². The summed E-state index contributed by atoms with van der Waals surface area (Å²) in [6, 6.07) is 15.7. The first-order valence-electron chi connectivity index (χ1n) is 20.1. The van der Waals surface area contributed by atoms with Gasteiger partial charge in [-0.3, -0.25) is 24.1 Å². The van der Waals surface area contributed by atoms with E-state index in [9.17, 15) is 28.8 Å². The van der Waals surface area contributed by atoms with Crippen LogP contribution in [0, 0.1) is 5.92 Å². The number of ether oxygens (including phenoxy) is 4. The molecule has 2 aliphatic rings. The molecule has 3 aromatic rings. The van der Waals surface area contributed by atoms with Crippen molar-refractivity contribution < 1.29 is 52.6 Å². The zero-order valence-corrected chi connectivity index (χ0v) is 36.5. The number of hydrazine groups is 1. The van der Waals surface area contributed by atoms with Gasteiger partial charge in [0.2, 0.25) is 0 Å². The topological polar surface area (TPSA) is 158 Å². The van der Waals surface area contributed by atoms with Crippen LogP contribution in [0.4, 0.5) is 4.79 Å². The number of hydrogen-bond acceptors (Lipinski definition) is 12. The van der Waals surface area contributed by atoms with Gasteiger partial charge < -0.3 is 23.8 Å². The number of hydroxylamine groups is 1. The maximum atomic E-state index is 14.8. The van der Waals surface area contributed by atoms with Crippen molar-refractivity contribution in [1.82, 2.24) is 15.1 Å². The molecule has 3 amide bonds. The van der Waals surface area contributed by atoms with Gasteiger partial charge in [-0.2, -0.15) is 0 Å². The van der Waals surface area contributed by atoms with Crippen molar-refractivity contribution in [3.63, 3.8) is 0 Å². The van der Waals surface area contributed by atoms with Crippen LogP contribution in [0.2, 0.25) is 0 Å². The smallest absolute Gasteiger partial charge is 0.427 e. The summed E-state index contributed by atoms with van der Waals surface area (Å²) in [5.41, 5.74) is 0.320. The molecule has 1 saturated heterocycles. The standard InChI is InChI=1S/C46H57N3O11/c1-28(24-36(50)58-38-33(44(2,3)4)25-30(56-11)26-34(38)45(5,6)7)37(48-39(51)31-20-15-16-21-32(31)40(48)52)42(54)60-49-35(41(53)59-46(8,9)10)22-17-23-47(49)43(55)57-27-29-18-13-12-14-19-29/h12-16,18-21,25-26,28,35,37H,17,22-24,27H2,1-11H3. The Hall–Kier alpha value is -5.76. The van der Waals surface area contributed by atoms with Gasteiger partial charge in [-0.15, -0.1) is 0 Å². The van der Waals surface area contributed by atoms with Crippen LogP contribution in [-0.2, 0) is 46.1 Å². The SMILES string of the molecule is COc1cc(C(C)(C)C)c(OC(=O)CC(C)C(C(=O)ON2C(C(=O)OC(C)(C)C)CCCN2C(=O)OCc2ccccc2)N2C(=O)c3ccccc3C2=O)c(C(C)(C)C)c1. The zero-order valence-electron chi connectivity index (χ0n) is 36.5. The molecule has 0 aromatic heterocycles. The minimum Gasteiger partial charge on any atom is -0.497 e. The summed E-state index contributed by atoms with van der Waals surface area (Å²) in [5.74, 6) is -4.44. The van der Waals surface area contributed by atoms with Crippen LogP contribution in [0.15, 0.2) is 66.7 Å². The fraction of sp³-hybridized carbons (Fsp3) is 0.478. The highest BCUT2D eigenvalue weighted by Gasteiger charge is 2.49. The molecule has 3 atom stereocenters. The normalized spacial score (nSPS) is 17.1. The molecule has 14 heteroatoms. The Morgan fingerprint density at radius 1 is 0.800 bits per heavy atom. The molecule has 0 saturated carbocycles. The van der Waals surface area contributed by atoms with Gasteiger partial charge in [0, 0.05) is 17.7 Å². The van der Waals surface area contributed by atoms with Crippen molar-refractivity contribution in [2.75, 3.05) is 13.7 Å². The van der Waals surface area contributed by atoms with Crippen LogP contribution >= 0.6 is 0 Å². The third-order valence-electron chi connectivity index (χ3n) is 10.1. The third kappa shape index (κ3) is 10.3. The molecule has 0 aliphatic carbocycles. The van der Waals surface area contributed by atoms with Gasteiger partial charge in [-0.25, -0.2) is 14.6 Å².